The van der Waals surface area contributed by atoms with E-state index in [1.807, 2.05) is 75.3 Å². The second-order valence-corrected chi connectivity index (χ2v) is 40.7. The van der Waals surface area contributed by atoms with Gasteiger partial charge in [-0.25, -0.2) is 19.2 Å². The summed E-state index contributed by atoms with van der Waals surface area (Å²) in [5.41, 5.74) is 10.4. The van der Waals surface area contributed by atoms with E-state index in [1.54, 1.807) is 144 Å². The number of cyclic esters (lactones) is 4. The Labute approximate surface area is 903 Å². The summed E-state index contributed by atoms with van der Waals surface area (Å²) >= 11 is 17.6. The van der Waals surface area contributed by atoms with Gasteiger partial charge < -0.3 is 76.2 Å². The maximum atomic E-state index is 14.9. The number of carbonyl (C=O) groups excluding carboxylic acids is 18. The van der Waals surface area contributed by atoms with E-state index in [0.717, 1.165) is 10.5 Å². The van der Waals surface area contributed by atoms with Gasteiger partial charge in [0.1, 0.15) is 60.5 Å². The fourth-order valence-electron chi connectivity index (χ4n) is 16.3. The van der Waals surface area contributed by atoms with Gasteiger partial charge in [-0.1, -0.05) is 218 Å². The molecule has 0 spiro atoms. The van der Waals surface area contributed by atoms with Crippen molar-refractivity contribution in [3.05, 3.63) is 188 Å². The molecule has 4 aromatic carbocycles. The highest BCUT2D eigenvalue weighted by atomic mass is 35.5. The van der Waals surface area contributed by atoms with E-state index < -0.39 is 174 Å². The summed E-state index contributed by atoms with van der Waals surface area (Å²) in [7, 11) is 5.73. The summed E-state index contributed by atoms with van der Waals surface area (Å²) in [6.07, 6.45) is 10.9. The Morgan fingerprint density at radius 2 is 0.840 bits per heavy atom. The number of nitrogens with two attached hydrogens (primary N) is 1. The van der Waals surface area contributed by atoms with Crippen LogP contribution in [0.1, 0.15) is 302 Å². The number of ether oxygens (including phenoxy) is 4. The van der Waals surface area contributed by atoms with Crippen molar-refractivity contribution in [1.82, 2.24) is 51.5 Å². The van der Waals surface area contributed by atoms with Gasteiger partial charge in [-0.05, 0) is 246 Å². The number of nitrogens with zero attached hydrogens (tertiary/aromatic N) is 4. The number of likely N-dealkylation sites (N-methyl/N-ethyl adjacent to an activating group) is 4. The molecular formula is C114H166Cl3N11O22. The molecule has 2 aliphatic rings. The molecule has 2 aliphatic heterocycles. The second-order valence-electron chi connectivity index (χ2n) is 39.5. The smallest absolute Gasteiger partial charge is 0.334 e. The molecule has 10 amide bonds. The van der Waals surface area contributed by atoms with Gasteiger partial charge in [0.25, 0.3) is 17.1 Å². The lowest BCUT2D eigenvalue weighted by Gasteiger charge is -2.34. The van der Waals surface area contributed by atoms with Gasteiger partial charge in [-0.3, -0.25) is 67.1 Å². The van der Waals surface area contributed by atoms with Crippen LogP contribution in [-0.2, 0) is 98.9 Å². The van der Waals surface area contributed by atoms with Crippen molar-refractivity contribution in [3.63, 3.8) is 0 Å². The van der Waals surface area contributed by atoms with Gasteiger partial charge in [-0.2, -0.15) is 0 Å². The lowest BCUT2D eigenvalue weighted by molar-refractivity contribution is -0.154. The lowest BCUT2D eigenvalue weighted by Crippen LogP contribution is -2.58. The van der Waals surface area contributed by atoms with Crippen molar-refractivity contribution in [2.45, 2.75) is 335 Å². The second kappa shape index (κ2) is 68.0. The van der Waals surface area contributed by atoms with Gasteiger partial charge in [0.15, 0.2) is 29.6 Å². The average Bonchev–Trinajstić information content (AvgIpc) is 0.820. The maximum absolute atomic E-state index is 14.9. The summed E-state index contributed by atoms with van der Waals surface area (Å²) in [4.78, 5) is 247. The summed E-state index contributed by atoms with van der Waals surface area (Å²) in [6, 6.07) is 17.2. The largest absolute Gasteiger partial charge is 0.456 e. The molecular weight excluding hydrogens is 1980 g/mol. The fourth-order valence-corrected chi connectivity index (χ4v) is 16.7. The number of nitrogens with one attached hydrogen (secondary N) is 6. The van der Waals surface area contributed by atoms with Crippen molar-refractivity contribution < 1.29 is 105 Å². The molecule has 2 heterocycles. The fraction of sp³-hybridized carbons (Fsp3) is 0.561. The first-order valence-corrected chi connectivity index (χ1v) is 52.3. The minimum absolute atomic E-state index is 0. The standard InChI is InChI=1S/C57H80ClN5O11.C46H71ClN6O9.C9H7ClO2.2CH4/c1-13-35(5)50-53(68)59-39(9)57(72)74-51(36(6)14-2)37(7)19-18-20-38(8)56(71)73-48(31-34(3)4)52(67)60-45(21-16-15-17-22-47(65)43-27-25-42(26-28-43)40(10)64)54(69)63(12)46(32-41-23-29-44(58)30-24-41)55(70)62(11)33-49(66)61-50;1-11-16-37-30(6)17-15-18-31(7)45(59)62-38(25-28(3)4)41(55)50-35(19-13-14-24-48)43(57)53(10)36(26-33-20-22-34(47)23-21-33)44(58)52(9)27-39(54)51-40(29(5)12-2)42(56)49-32(8)46(60)61-37;1-6(11)7-2-4-8(5-3-7)9(10)12;;/h14,20,23-30,34-35,37,39,45-46,48,50-51H,13,15-19,21-22,31-33H2,1-12H3,(H,59,68)(H,60,67)(H,61,66);11,16,18,20-23,28-30,32,35-38,40H,12-15,17,19,24-27,48H2,1-10H3,(H,49,56)(H,50,55)(H,51,54);2-5H,1H3;2*1H4/b36-14+,38-20+;16-11+,31-18+;;;/t35-,37+,39-,45+,46-,48-,50+,51-;29?,30-,32+,35-,36+,37+,38+,40-;;;/m10.../s1. The number of esters is 4. The molecule has 8 N–H and O–H groups in total. The van der Waals surface area contributed by atoms with Crippen LogP contribution in [0.15, 0.2) is 144 Å². The lowest BCUT2D eigenvalue weighted by atomic mass is 9.93. The maximum Gasteiger partial charge on any atom is 0.334 e. The molecule has 0 aromatic heterocycles. The Morgan fingerprint density at radius 1 is 0.467 bits per heavy atom. The predicted octanol–water partition coefficient (Wildman–Crippen LogP) is 16.1. The van der Waals surface area contributed by atoms with E-state index in [-0.39, 0.29) is 124 Å². The average molecular weight is 2150 g/mol. The number of hydrogen-bond acceptors (Lipinski definition) is 23. The molecule has 0 bridgehead atoms. The minimum atomic E-state index is -1.30. The van der Waals surface area contributed by atoms with Gasteiger partial charge in [-0.15, -0.1) is 0 Å². The summed E-state index contributed by atoms with van der Waals surface area (Å²) in [6.45, 7) is 32.6. The number of amides is 10. The van der Waals surface area contributed by atoms with E-state index in [2.05, 4.69) is 31.9 Å². The highest BCUT2D eigenvalue weighted by Gasteiger charge is 2.42. The zero-order valence-corrected chi connectivity index (χ0v) is 92.6. The third kappa shape index (κ3) is 45.2. The summed E-state index contributed by atoms with van der Waals surface area (Å²) < 4.78 is 23.5. The van der Waals surface area contributed by atoms with Gasteiger partial charge >= 0.3 is 23.9 Å². The first kappa shape index (κ1) is 134. The van der Waals surface area contributed by atoms with E-state index >= 15 is 0 Å². The molecule has 0 saturated carbocycles. The van der Waals surface area contributed by atoms with Gasteiger partial charge in [0, 0.05) is 90.9 Å². The highest BCUT2D eigenvalue weighted by molar-refractivity contribution is 6.67. The number of hydrogen-bond donors (Lipinski definition) is 7. The quantitative estimate of drug-likeness (QED) is 0.00693. The molecule has 16 atom stereocenters. The van der Waals surface area contributed by atoms with Crippen LogP contribution in [0.25, 0.3) is 0 Å². The van der Waals surface area contributed by atoms with E-state index in [0.29, 0.717) is 121 Å². The molecule has 4 aromatic rings. The summed E-state index contributed by atoms with van der Waals surface area (Å²) in [5, 5.41) is 17.0. The number of halogens is 3. The number of ketones is 3. The molecule has 33 nitrogen and oxygen atoms in total. The zero-order valence-electron chi connectivity index (χ0n) is 90.3. The number of rotatable bonds is 28. The van der Waals surface area contributed by atoms with Crippen molar-refractivity contribution in [3.8, 4) is 0 Å². The van der Waals surface area contributed by atoms with Crippen LogP contribution >= 0.6 is 34.8 Å². The topological polar surface area (TPSA) is 455 Å². The third-order valence-electron chi connectivity index (χ3n) is 26.3. The van der Waals surface area contributed by atoms with Crippen LogP contribution in [0.3, 0.4) is 0 Å². The Hall–Kier alpha value is -12.1. The number of allylic oxidation sites excluding steroid dienone is 4. The minimum Gasteiger partial charge on any atom is -0.456 e. The number of Topliss-reactive ketones (excluding diaryl/α,β-unsaturated/α-hetero) is 3. The SMILES string of the molecule is C.C.C/C=C(\C)[C@H]1OC(=O)[C@@H](C)NC(=O)[C@H]([C@H](C)CC)NC(=O)CN(C)C(=O)[C@@H](Cc2ccc(Cl)cc2)N(C)C(=O)[C@H](CCCCCC(=O)c2ccc(C(C)=O)cc2)NC(=O)[C@@H](CC(C)C)OC(=O)/C(C)=C/CC[C@@H]1C.C/C=C/[C@H]1OC(=O)[C@@H](C)NC(=O)[C@H](C(C)CC)NC(=O)CN(C)C(=O)[C@@H](Cc2ccc(Cl)cc2)N(C)C(=O)[C@H](CCCCN)NC(=O)[C@@H](CC(C)C)OC(=O)/C(C)=C/CC[C@@H]1C.CC(=O)c1ccc(C(=O)Cl)cc1. The van der Waals surface area contributed by atoms with Gasteiger partial charge in [0.2, 0.25) is 47.3 Å². The van der Waals surface area contributed by atoms with Crippen LogP contribution in [-0.4, -0.2) is 246 Å². The molecule has 0 saturated heterocycles. The molecule has 150 heavy (non-hydrogen) atoms. The first-order chi connectivity index (χ1) is 69.7. The van der Waals surface area contributed by atoms with Crippen molar-refractivity contribution in [2.24, 2.45) is 41.2 Å². The normalized spacial score (nSPS) is 23.7. The Bertz CT molecular complexity index is 5250. The molecule has 830 valence electrons. The molecule has 1 unspecified atom stereocenters. The van der Waals surface area contributed by atoms with Crippen molar-refractivity contribution in [2.75, 3.05) is 47.8 Å². The predicted molar refractivity (Wildman–Crippen MR) is 584 cm³/mol. The zero-order chi connectivity index (χ0) is 111. The van der Waals surface area contributed by atoms with E-state index in [1.165, 1.54) is 82.7 Å². The Kier molecular flexibility index (Phi) is 60.7. The van der Waals surface area contributed by atoms with E-state index in [4.69, 9.17) is 59.5 Å². The number of unbranched alkanes of at least 4 members (excludes halogenated alkanes) is 3. The van der Waals surface area contributed by atoms with Crippen molar-refractivity contribution >= 4 is 140 Å². The van der Waals surface area contributed by atoms with Crippen LogP contribution in [0.2, 0.25) is 10.0 Å². The molecule has 6 rings (SSSR count). The molecule has 36 heteroatoms. The molecule has 0 aliphatic carbocycles. The summed E-state index contributed by atoms with van der Waals surface area (Å²) in [5.74, 6) is -10.6. The Morgan fingerprint density at radius 3 is 1.20 bits per heavy atom. The third-order valence-corrected chi connectivity index (χ3v) is 27.0. The monoisotopic (exact) mass is 2150 g/mol. The van der Waals surface area contributed by atoms with Crippen LogP contribution in [0.5, 0.6) is 0 Å². The van der Waals surface area contributed by atoms with Crippen LogP contribution in [0, 0.1) is 35.5 Å². The van der Waals surface area contributed by atoms with Crippen molar-refractivity contribution in [1.29, 1.82) is 0 Å². The Balaban J connectivity index is 0.000000907. The molecule has 0 fully saturated rings. The van der Waals surface area contributed by atoms with E-state index in [9.17, 15) is 86.3 Å². The highest BCUT2D eigenvalue weighted by Crippen LogP contribution is 2.28. The molecule has 0 radical (unpaired) electrons. The van der Waals surface area contributed by atoms with Crippen LogP contribution < -0.4 is 37.6 Å². The number of benzene rings is 4. The van der Waals surface area contributed by atoms with Gasteiger partial charge in [0.05, 0.1) is 13.1 Å². The first-order valence-electron chi connectivity index (χ1n) is 51.1. The van der Waals surface area contributed by atoms with Crippen LogP contribution in [0.4, 0.5) is 0 Å². The number of carbonyl (C=O) groups is 18.